The molecule has 1 rings (SSSR count). The van der Waals surface area contributed by atoms with Crippen LogP contribution in [0.15, 0.2) is 28.2 Å². The number of aliphatic imine (C=N–C) groups is 2. The summed E-state index contributed by atoms with van der Waals surface area (Å²) < 4.78 is 13.4. The van der Waals surface area contributed by atoms with Gasteiger partial charge in [0.05, 0.1) is 6.54 Å². The minimum Gasteiger partial charge on any atom is -0.370 e. The molecular formula is C10H14FN5. The van der Waals surface area contributed by atoms with Crippen molar-refractivity contribution in [2.75, 3.05) is 0 Å². The van der Waals surface area contributed by atoms with Crippen molar-refractivity contribution in [3.63, 3.8) is 0 Å². The summed E-state index contributed by atoms with van der Waals surface area (Å²) in [4.78, 5) is 7.35. The summed E-state index contributed by atoms with van der Waals surface area (Å²) >= 11 is 0. The second-order valence-electron chi connectivity index (χ2n) is 3.31. The van der Waals surface area contributed by atoms with Crippen molar-refractivity contribution in [3.05, 3.63) is 35.1 Å². The Labute approximate surface area is 92.9 Å². The molecule has 0 aliphatic heterocycles. The van der Waals surface area contributed by atoms with Gasteiger partial charge in [-0.3, -0.25) is 0 Å². The molecule has 0 atom stereocenters. The molecule has 0 radical (unpaired) electrons. The fourth-order valence-corrected chi connectivity index (χ4v) is 1.11. The van der Waals surface area contributed by atoms with Gasteiger partial charge in [0, 0.05) is 5.56 Å². The fourth-order valence-electron chi connectivity index (χ4n) is 1.11. The molecule has 0 bridgehead atoms. The van der Waals surface area contributed by atoms with Gasteiger partial charge in [-0.05, 0) is 18.6 Å². The van der Waals surface area contributed by atoms with Crippen molar-refractivity contribution in [2.24, 2.45) is 27.2 Å². The second kappa shape index (κ2) is 5.11. The molecule has 0 unspecified atom stereocenters. The zero-order valence-electron chi connectivity index (χ0n) is 8.94. The number of hydrogen-bond donors (Lipinski definition) is 3. The van der Waals surface area contributed by atoms with Crippen LogP contribution in [0.1, 0.15) is 11.1 Å². The maximum Gasteiger partial charge on any atom is 0.218 e. The van der Waals surface area contributed by atoms with Gasteiger partial charge in [-0.25, -0.2) is 9.38 Å². The minimum atomic E-state index is -0.318. The van der Waals surface area contributed by atoms with Crippen LogP contribution in [0.3, 0.4) is 0 Å². The van der Waals surface area contributed by atoms with E-state index in [1.807, 2.05) is 6.92 Å². The van der Waals surface area contributed by atoms with Crippen molar-refractivity contribution in [1.82, 2.24) is 0 Å². The van der Waals surface area contributed by atoms with Gasteiger partial charge in [-0.2, -0.15) is 4.99 Å². The van der Waals surface area contributed by atoms with Crippen LogP contribution in [0.5, 0.6) is 0 Å². The van der Waals surface area contributed by atoms with Crippen LogP contribution in [-0.2, 0) is 6.54 Å². The summed E-state index contributed by atoms with van der Waals surface area (Å²) in [5, 5.41) is 0. The zero-order chi connectivity index (χ0) is 12.1. The molecule has 0 spiro atoms. The molecule has 0 fully saturated rings. The lowest BCUT2D eigenvalue weighted by atomic mass is 10.1. The van der Waals surface area contributed by atoms with E-state index in [2.05, 4.69) is 9.98 Å². The molecule has 1 aromatic rings. The summed E-state index contributed by atoms with van der Waals surface area (Å²) in [5.74, 6) is -0.563. The Kier molecular flexibility index (Phi) is 3.82. The molecule has 6 heteroatoms. The first-order valence-electron chi connectivity index (χ1n) is 4.63. The van der Waals surface area contributed by atoms with E-state index in [0.29, 0.717) is 5.56 Å². The van der Waals surface area contributed by atoms with E-state index in [9.17, 15) is 4.39 Å². The Hall–Kier alpha value is -2.11. The van der Waals surface area contributed by atoms with E-state index < -0.39 is 0 Å². The third-order valence-corrected chi connectivity index (χ3v) is 1.86. The SMILES string of the molecule is Cc1ccc(CN=C(N)N=C(N)N)c(F)c1. The number of hydrogen-bond acceptors (Lipinski definition) is 1. The summed E-state index contributed by atoms with van der Waals surface area (Å²) in [6, 6.07) is 4.88. The second-order valence-corrected chi connectivity index (χ2v) is 3.31. The normalized spacial score (nSPS) is 11.2. The van der Waals surface area contributed by atoms with Crippen LogP contribution in [-0.4, -0.2) is 11.9 Å². The predicted octanol–water partition coefficient (Wildman–Crippen LogP) is 0.222. The average Bonchev–Trinajstić information content (AvgIpc) is 2.15. The lowest BCUT2D eigenvalue weighted by Gasteiger charge is -2.01. The number of aryl methyl sites for hydroxylation is 1. The van der Waals surface area contributed by atoms with Gasteiger partial charge >= 0.3 is 0 Å². The summed E-state index contributed by atoms with van der Waals surface area (Å²) in [5.41, 5.74) is 16.9. The Bertz CT molecular complexity index is 435. The van der Waals surface area contributed by atoms with Crippen molar-refractivity contribution in [1.29, 1.82) is 0 Å². The topological polar surface area (TPSA) is 103 Å². The number of nitrogens with two attached hydrogens (primary N) is 3. The highest BCUT2D eigenvalue weighted by Crippen LogP contribution is 2.10. The first kappa shape index (κ1) is 12.0. The van der Waals surface area contributed by atoms with Crippen LogP contribution in [0.25, 0.3) is 0 Å². The van der Waals surface area contributed by atoms with Crippen LogP contribution >= 0.6 is 0 Å². The van der Waals surface area contributed by atoms with Gasteiger partial charge in [0.15, 0.2) is 5.96 Å². The van der Waals surface area contributed by atoms with Gasteiger partial charge in [0.2, 0.25) is 5.96 Å². The molecule has 0 saturated carbocycles. The van der Waals surface area contributed by atoms with Crippen molar-refractivity contribution in [3.8, 4) is 0 Å². The Balaban J connectivity index is 2.78. The molecule has 0 aliphatic rings. The lowest BCUT2D eigenvalue weighted by Crippen LogP contribution is -2.26. The highest BCUT2D eigenvalue weighted by molar-refractivity contribution is 5.92. The molecule has 1 aromatic carbocycles. The minimum absolute atomic E-state index is 0.0695. The molecule has 6 N–H and O–H groups in total. The van der Waals surface area contributed by atoms with Crippen LogP contribution in [0.4, 0.5) is 4.39 Å². The van der Waals surface area contributed by atoms with E-state index >= 15 is 0 Å². The van der Waals surface area contributed by atoms with Gasteiger partial charge in [0.1, 0.15) is 5.82 Å². The largest absolute Gasteiger partial charge is 0.370 e. The number of guanidine groups is 2. The highest BCUT2D eigenvalue weighted by Gasteiger charge is 2.01. The van der Waals surface area contributed by atoms with E-state index in [-0.39, 0.29) is 24.3 Å². The third kappa shape index (κ3) is 3.56. The summed E-state index contributed by atoms with van der Waals surface area (Å²) in [7, 11) is 0. The molecular weight excluding hydrogens is 209 g/mol. The quantitative estimate of drug-likeness (QED) is 0.493. The summed E-state index contributed by atoms with van der Waals surface area (Å²) in [6.07, 6.45) is 0. The highest BCUT2D eigenvalue weighted by atomic mass is 19.1. The number of nitrogens with zero attached hydrogens (tertiary/aromatic N) is 2. The molecule has 0 saturated heterocycles. The Morgan fingerprint density at radius 3 is 2.56 bits per heavy atom. The first-order valence-corrected chi connectivity index (χ1v) is 4.63. The van der Waals surface area contributed by atoms with E-state index in [1.54, 1.807) is 12.1 Å². The zero-order valence-corrected chi connectivity index (χ0v) is 8.94. The van der Waals surface area contributed by atoms with E-state index in [1.165, 1.54) is 6.07 Å². The molecule has 0 aromatic heterocycles. The summed E-state index contributed by atoms with van der Waals surface area (Å²) in [6.45, 7) is 1.92. The van der Waals surface area contributed by atoms with Crippen molar-refractivity contribution < 1.29 is 4.39 Å². The van der Waals surface area contributed by atoms with Gasteiger partial charge in [-0.15, -0.1) is 0 Å². The van der Waals surface area contributed by atoms with E-state index in [4.69, 9.17) is 17.2 Å². The van der Waals surface area contributed by atoms with Gasteiger partial charge < -0.3 is 17.2 Å². The number of benzene rings is 1. The molecule has 16 heavy (non-hydrogen) atoms. The first-order chi connectivity index (χ1) is 7.49. The molecule has 5 nitrogen and oxygen atoms in total. The monoisotopic (exact) mass is 223 g/mol. The maximum atomic E-state index is 13.4. The smallest absolute Gasteiger partial charge is 0.218 e. The molecule has 0 aliphatic carbocycles. The van der Waals surface area contributed by atoms with Crippen LogP contribution in [0, 0.1) is 12.7 Å². The molecule has 86 valence electrons. The van der Waals surface area contributed by atoms with Crippen LogP contribution in [0.2, 0.25) is 0 Å². The van der Waals surface area contributed by atoms with Crippen molar-refractivity contribution >= 4 is 11.9 Å². The maximum absolute atomic E-state index is 13.4. The number of halogens is 1. The third-order valence-electron chi connectivity index (χ3n) is 1.86. The van der Waals surface area contributed by atoms with Gasteiger partial charge in [0.25, 0.3) is 0 Å². The van der Waals surface area contributed by atoms with Crippen LogP contribution < -0.4 is 17.2 Å². The average molecular weight is 223 g/mol. The van der Waals surface area contributed by atoms with Gasteiger partial charge in [-0.1, -0.05) is 12.1 Å². The Morgan fingerprint density at radius 2 is 2.00 bits per heavy atom. The standard InChI is InChI=1S/C10H14FN5/c1-6-2-3-7(8(11)4-6)5-15-10(14)16-9(12)13/h2-4H,5H2,1H3,(H6,12,13,14,15,16). The predicted molar refractivity (Wildman–Crippen MR) is 62.3 cm³/mol. The number of rotatable bonds is 2. The molecule has 0 amide bonds. The molecule has 0 heterocycles. The van der Waals surface area contributed by atoms with E-state index in [0.717, 1.165) is 5.56 Å². The van der Waals surface area contributed by atoms with Crippen molar-refractivity contribution in [2.45, 2.75) is 13.5 Å². The lowest BCUT2D eigenvalue weighted by molar-refractivity contribution is 0.609. The fraction of sp³-hybridized carbons (Fsp3) is 0.200. The Morgan fingerprint density at radius 1 is 1.31 bits per heavy atom.